The van der Waals surface area contributed by atoms with Crippen LogP contribution in [0.25, 0.3) is 11.5 Å². The second-order valence-electron chi connectivity index (χ2n) is 5.94. The molecule has 0 saturated carbocycles. The summed E-state index contributed by atoms with van der Waals surface area (Å²) in [6.07, 6.45) is 3.55. The highest BCUT2D eigenvalue weighted by atomic mass is 16.5. The summed E-state index contributed by atoms with van der Waals surface area (Å²) in [7, 11) is 0. The Bertz CT molecular complexity index is 779. The van der Waals surface area contributed by atoms with Crippen molar-refractivity contribution in [3.63, 3.8) is 0 Å². The minimum atomic E-state index is 0.448. The molecule has 3 heterocycles. The molecule has 6 nitrogen and oxygen atoms in total. The minimum Gasteiger partial charge on any atom is -0.366 e. The van der Waals surface area contributed by atoms with E-state index in [0.717, 1.165) is 36.5 Å². The molecule has 3 aromatic rings. The quantitative estimate of drug-likeness (QED) is 0.752. The van der Waals surface area contributed by atoms with Crippen LogP contribution in [0.3, 0.4) is 0 Å². The maximum atomic E-state index is 5.36. The number of hydrogen-bond acceptors (Lipinski definition) is 6. The normalized spacial score (nSPS) is 17.1. The number of pyridine rings is 1. The lowest BCUT2D eigenvalue weighted by Crippen LogP contribution is -2.22. The Morgan fingerprint density at radius 2 is 2.08 bits per heavy atom. The molecule has 1 aliphatic heterocycles. The SMILES string of the molecule is c1ccc(Cc2noc(-c3ccc(N[C@H]4CCNC4)nc3)n2)cc1. The molecule has 24 heavy (non-hydrogen) atoms. The summed E-state index contributed by atoms with van der Waals surface area (Å²) in [6.45, 7) is 2.04. The third-order valence-electron chi connectivity index (χ3n) is 4.10. The predicted octanol–water partition coefficient (Wildman–Crippen LogP) is 2.50. The predicted molar refractivity (Wildman–Crippen MR) is 91.7 cm³/mol. The van der Waals surface area contributed by atoms with Gasteiger partial charge in [-0.25, -0.2) is 4.98 Å². The second-order valence-corrected chi connectivity index (χ2v) is 5.94. The van der Waals surface area contributed by atoms with Crippen molar-refractivity contribution in [2.24, 2.45) is 0 Å². The van der Waals surface area contributed by atoms with Crippen molar-refractivity contribution in [3.8, 4) is 11.5 Å². The molecule has 1 aromatic carbocycles. The first-order chi connectivity index (χ1) is 11.9. The number of rotatable bonds is 5. The summed E-state index contributed by atoms with van der Waals surface area (Å²) >= 11 is 0. The second kappa shape index (κ2) is 6.80. The van der Waals surface area contributed by atoms with Gasteiger partial charge in [0.05, 0.1) is 5.56 Å². The van der Waals surface area contributed by atoms with E-state index in [1.807, 2.05) is 30.3 Å². The maximum Gasteiger partial charge on any atom is 0.259 e. The standard InChI is InChI=1S/C18H19N5O/c1-2-4-13(5-3-1)10-17-22-18(24-23-17)14-6-7-16(20-11-14)21-15-8-9-19-12-15/h1-7,11,15,19H,8-10,12H2,(H,20,21)/t15-/m0/s1. The van der Waals surface area contributed by atoms with Crippen molar-refractivity contribution in [2.45, 2.75) is 18.9 Å². The summed E-state index contributed by atoms with van der Waals surface area (Å²) in [5.41, 5.74) is 1.99. The zero-order chi connectivity index (χ0) is 16.2. The fourth-order valence-electron chi connectivity index (χ4n) is 2.81. The summed E-state index contributed by atoms with van der Waals surface area (Å²) in [4.78, 5) is 8.91. The van der Waals surface area contributed by atoms with Gasteiger partial charge in [-0.2, -0.15) is 4.98 Å². The van der Waals surface area contributed by atoms with Gasteiger partial charge in [-0.15, -0.1) is 0 Å². The molecule has 1 fully saturated rings. The van der Waals surface area contributed by atoms with Crippen LogP contribution in [0.4, 0.5) is 5.82 Å². The maximum absolute atomic E-state index is 5.36. The molecule has 0 bridgehead atoms. The summed E-state index contributed by atoms with van der Waals surface area (Å²) in [6, 6.07) is 14.5. The number of nitrogens with zero attached hydrogens (tertiary/aromatic N) is 3. The highest BCUT2D eigenvalue weighted by Crippen LogP contribution is 2.19. The van der Waals surface area contributed by atoms with E-state index in [4.69, 9.17) is 4.52 Å². The van der Waals surface area contributed by atoms with Crippen LogP contribution in [-0.2, 0) is 6.42 Å². The first-order valence-electron chi connectivity index (χ1n) is 8.17. The average molecular weight is 321 g/mol. The Morgan fingerprint density at radius 1 is 1.17 bits per heavy atom. The molecule has 0 spiro atoms. The first-order valence-corrected chi connectivity index (χ1v) is 8.17. The molecule has 0 aliphatic carbocycles. The van der Waals surface area contributed by atoms with Crippen LogP contribution >= 0.6 is 0 Å². The summed E-state index contributed by atoms with van der Waals surface area (Å²) < 4.78 is 5.36. The fraction of sp³-hybridized carbons (Fsp3) is 0.278. The third kappa shape index (κ3) is 3.44. The lowest BCUT2D eigenvalue weighted by Gasteiger charge is -2.11. The number of hydrogen-bond donors (Lipinski definition) is 2. The van der Waals surface area contributed by atoms with Crippen molar-refractivity contribution < 1.29 is 4.52 Å². The number of anilines is 1. The molecule has 6 heteroatoms. The number of benzene rings is 1. The molecular weight excluding hydrogens is 302 g/mol. The number of nitrogens with one attached hydrogen (secondary N) is 2. The van der Waals surface area contributed by atoms with Crippen molar-refractivity contribution in [3.05, 3.63) is 60.0 Å². The fourth-order valence-corrected chi connectivity index (χ4v) is 2.81. The van der Waals surface area contributed by atoms with E-state index in [2.05, 4.69) is 37.9 Å². The van der Waals surface area contributed by atoms with Crippen LogP contribution in [0.15, 0.2) is 53.2 Å². The van der Waals surface area contributed by atoms with Crippen LogP contribution in [0.1, 0.15) is 17.8 Å². The highest BCUT2D eigenvalue weighted by molar-refractivity contribution is 5.54. The average Bonchev–Trinajstić information content (AvgIpc) is 3.29. The molecule has 2 aromatic heterocycles. The van der Waals surface area contributed by atoms with E-state index in [1.54, 1.807) is 6.20 Å². The van der Waals surface area contributed by atoms with Crippen molar-refractivity contribution in [1.29, 1.82) is 0 Å². The Morgan fingerprint density at radius 3 is 2.83 bits per heavy atom. The zero-order valence-corrected chi connectivity index (χ0v) is 13.3. The van der Waals surface area contributed by atoms with Crippen LogP contribution in [-0.4, -0.2) is 34.3 Å². The molecular formula is C18H19N5O. The van der Waals surface area contributed by atoms with Gasteiger partial charge in [0.25, 0.3) is 5.89 Å². The van der Waals surface area contributed by atoms with Crippen LogP contribution < -0.4 is 10.6 Å². The molecule has 4 rings (SSSR count). The molecule has 1 atom stereocenters. The van der Waals surface area contributed by atoms with E-state index < -0.39 is 0 Å². The lowest BCUT2D eigenvalue weighted by atomic mass is 10.1. The number of aromatic nitrogens is 3. The van der Waals surface area contributed by atoms with Gasteiger partial charge >= 0.3 is 0 Å². The van der Waals surface area contributed by atoms with Crippen LogP contribution in [0.5, 0.6) is 0 Å². The third-order valence-corrected chi connectivity index (χ3v) is 4.10. The Labute approximate surface area is 140 Å². The van der Waals surface area contributed by atoms with Crippen LogP contribution in [0.2, 0.25) is 0 Å². The van der Waals surface area contributed by atoms with Crippen molar-refractivity contribution >= 4 is 5.82 Å². The Hall–Kier alpha value is -2.73. The zero-order valence-electron chi connectivity index (χ0n) is 13.3. The van der Waals surface area contributed by atoms with E-state index in [1.165, 1.54) is 0 Å². The smallest absolute Gasteiger partial charge is 0.259 e. The molecule has 1 saturated heterocycles. The molecule has 1 aliphatic rings. The van der Waals surface area contributed by atoms with E-state index in [-0.39, 0.29) is 0 Å². The van der Waals surface area contributed by atoms with Gasteiger partial charge < -0.3 is 15.2 Å². The van der Waals surface area contributed by atoms with Gasteiger partial charge in [-0.1, -0.05) is 35.5 Å². The van der Waals surface area contributed by atoms with Gasteiger partial charge in [0, 0.05) is 25.2 Å². The van der Waals surface area contributed by atoms with E-state index in [0.29, 0.717) is 24.2 Å². The van der Waals surface area contributed by atoms with Gasteiger partial charge in [-0.05, 0) is 30.7 Å². The van der Waals surface area contributed by atoms with Gasteiger partial charge in [0.15, 0.2) is 5.82 Å². The van der Waals surface area contributed by atoms with E-state index in [9.17, 15) is 0 Å². The molecule has 0 radical (unpaired) electrons. The molecule has 122 valence electrons. The van der Waals surface area contributed by atoms with Crippen LogP contribution in [0, 0.1) is 0 Å². The molecule has 0 unspecified atom stereocenters. The summed E-state index contributed by atoms with van der Waals surface area (Å²) in [5.74, 6) is 2.05. The van der Waals surface area contributed by atoms with Crippen molar-refractivity contribution in [1.82, 2.24) is 20.4 Å². The molecule has 0 amide bonds. The monoisotopic (exact) mass is 321 g/mol. The van der Waals surface area contributed by atoms with Crippen molar-refractivity contribution in [2.75, 3.05) is 18.4 Å². The first kappa shape index (κ1) is 14.8. The highest BCUT2D eigenvalue weighted by Gasteiger charge is 2.15. The molecule has 2 N–H and O–H groups in total. The lowest BCUT2D eigenvalue weighted by molar-refractivity contribution is 0.424. The largest absolute Gasteiger partial charge is 0.366 e. The topological polar surface area (TPSA) is 75.9 Å². The Kier molecular flexibility index (Phi) is 4.20. The van der Waals surface area contributed by atoms with Gasteiger partial charge in [-0.3, -0.25) is 0 Å². The van der Waals surface area contributed by atoms with Gasteiger partial charge in [0.2, 0.25) is 0 Å². The minimum absolute atomic E-state index is 0.448. The summed E-state index contributed by atoms with van der Waals surface area (Å²) in [5, 5.41) is 10.8. The Balaban J connectivity index is 1.44. The van der Waals surface area contributed by atoms with E-state index >= 15 is 0 Å². The van der Waals surface area contributed by atoms with Gasteiger partial charge in [0.1, 0.15) is 5.82 Å².